The van der Waals surface area contributed by atoms with Gasteiger partial charge in [-0.25, -0.2) is 23.1 Å². The molecule has 336 valence electrons. The van der Waals surface area contributed by atoms with Crippen LogP contribution in [0.4, 0.5) is 36.5 Å². The van der Waals surface area contributed by atoms with Gasteiger partial charge in [0.05, 0.1) is 48.6 Å². The Morgan fingerprint density at radius 1 is 0.891 bits per heavy atom. The van der Waals surface area contributed by atoms with Crippen LogP contribution >= 0.6 is 0 Å². The molecule has 0 spiro atoms. The quantitative estimate of drug-likeness (QED) is 0.191. The van der Waals surface area contributed by atoms with Crippen LogP contribution in [0, 0.1) is 5.92 Å². The van der Waals surface area contributed by atoms with Crippen LogP contribution in [0.25, 0.3) is 16.4 Å². The number of likely N-dealkylation sites (tertiary alicyclic amines) is 1. The molecule has 17 nitrogen and oxygen atoms in total. The van der Waals surface area contributed by atoms with E-state index in [0.717, 1.165) is 120 Å². The number of morpholine rings is 1. The first-order valence-corrected chi connectivity index (χ1v) is 22.8. The van der Waals surface area contributed by atoms with Crippen LogP contribution in [-0.4, -0.2) is 141 Å². The van der Waals surface area contributed by atoms with Gasteiger partial charge >= 0.3 is 6.03 Å². The van der Waals surface area contributed by atoms with Gasteiger partial charge in [-0.2, -0.15) is 10.2 Å². The lowest BCUT2D eigenvalue weighted by Crippen LogP contribution is -2.53. The van der Waals surface area contributed by atoms with E-state index in [4.69, 9.17) is 9.72 Å². The first kappa shape index (κ1) is 40.9. The van der Waals surface area contributed by atoms with Crippen molar-refractivity contribution in [3.63, 3.8) is 0 Å². The highest BCUT2D eigenvalue weighted by Gasteiger charge is 2.40. The molecule has 4 amide bonds. The Morgan fingerprint density at radius 3 is 2.47 bits per heavy atom. The zero-order valence-electron chi connectivity index (χ0n) is 35.7. The molecule has 19 heteroatoms. The summed E-state index contributed by atoms with van der Waals surface area (Å²) in [6.07, 6.45) is 12.8. The van der Waals surface area contributed by atoms with Crippen molar-refractivity contribution in [1.29, 1.82) is 0 Å². The summed E-state index contributed by atoms with van der Waals surface area (Å²) in [4.78, 5) is 58.7. The van der Waals surface area contributed by atoms with Crippen molar-refractivity contribution in [2.24, 2.45) is 5.92 Å². The zero-order chi connectivity index (χ0) is 43.5. The number of amides is 4. The largest absolute Gasteiger partial charge is 0.374 e. The number of carbonyl (C=O) groups excluding carboxylic acids is 3. The molecule has 9 heterocycles. The molecule has 6 fully saturated rings. The highest BCUT2D eigenvalue weighted by Crippen LogP contribution is 2.38. The number of pyridine rings is 1. The van der Waals surface area contributed by atoms with Crippen LogP contribution in [-0.2, 0) is 9.53 Å². The van der Waals surface area contributed by atoms with Crippen molar-refractivity contribution in [2.45, 2.75) is 82.0 Å². The molecule has 4 aromatic heterocycles. The zero-order valence-corrected chi connectivity index (χ0v) is 35.7. The summed E-state index contributed by atoms with van der Waals surface area (Å²) >= 11 is 0. The number of fused-ring (bicyclic) bond motifs is 4. The van der Waals surface area contributed by atoms with Gasteiger partial charge in [0.25, 0.3) is 12.3 Å². The summed E-state index contributed by atoms with van der Waals surface area (Å²) in [6, 6.07) is 8.44. The summed E-state index contributed by atoms with van der Waals surface area (Å²) < 4.78 is 37.6. The predicted molar refractivity (Wildman–Crippen MR) is 235 cm³/mol. The molecule has 2 N–H and O–H groups in total. The molecule has 0 radical (unpaired) electrons. The number of hydrogen-bond acceptors (Lipinski definition) is 12. The fraction of sp³-hybridized carbons (Fsp3) is 0.533. The number of urea groups is 1. The van der Waals surface area contributed by atoms with E-state index in [1.807, 2.05) is 24.4 Å². The minimum atomic E-state index is -2.84. The molecule has 1 saturated carbocycles. The van der Waals surface area contributed by atoms with Crippen LogP contribution in [0.3, 0.4) is 0 Å². The Labute approximate surface area is 368 Å². The number of imide groups is 1. The summed E-state index contributed by atoms with van der Waals surface area (Å²) in [5, 5.41) is 15.7. The third-order valence-corrected chi connectivity index (χ3v) is 14.5. The van der Waals surface area contributed by atoms with E-state index in [0.29, 0.717) is 36.4 Å². The third-order valence-electron chi connectivity index (χ3n) is 14.5. The third kappa shape index (κ3) is 7.80. The monoisotopic (exact) mass is 877 g/mol. The van der Waals surface area contributed by atoms with Crippen molar-refractivity contribution >= 4 is 57.1 Å². The number of anilines is 4. The Balaban J connectivity index is 0.657. The van der Waals surface area contributed by atoms with Crippen molar-refractivity contribution < 1.29 is 27.9 Å². The number of piperazine rings is 1. The number of alkyl halides is 2. The van der Waals surface area contributed by atoms with E-state index < -0.39 is 24.1 Å². The lowest BCUT2D eigenvalue weighted by Gasteiger charge is -2.44. The van der Waals surface area contributed by atoms with Crippen molar-refractivity contribution in [1.82, 2.24) is 44.5 Å². The SMILES string of the molecule is O=C1CCN(c2cncc3c(N4CCN(C5CCN(C[C@H]6CC[C@H](n7cc(NC(=O)c8cnn9ccc(N%10C[C@H]%11C[C@@H]%10CO%11)nc89)c(C(F)F)n7)CC6)CC5)CC4)cccc23)C(=O)N1. The minimum Gasteiger partial charge on any atom is -0.374 e. The predicted octanol–water partition coefficient (Wildman–Crippen LogP) is 5.11. The number of benzene rings is 1. The normalized spacial score (nSPS) is 25.0. The van der Waals surface area contributed by atoms with Crippen LogP contribution in [0.1, 0.15) is 79.9 Å². The van der Waals surface area contributed by atoms with Gasteiger partial charge in [-0.05, 0) is 76.1 Å². The number of nitrogens with zero attached hydrogens (tertiary/aromatic N) is 11. The number of aromatic nitrogens is 6. The molecular weight excluding hydrogens is 825 g/mol. The average molecular weight is 878 g/mol. The maximum Gasteiger partial charge on any atom is 0.328 e. The summed E-state index contributed by atoms with van der Waals surface area (Å²) in [5.41, 5.74) is 1.99. The fourth-order valence-electron chi connectivity index (χ4n) is 11.1. The van der Waals surface area contributed by atoms with E-state index in [-0.39, 0.29) is 41.8 Å². The van der Waals surface area contributed by atoms with Gasteiger partial charge in [0.15, 0.2) is 11.3 Å². The first-order valence-electron chi connectivity index (χ1n) is 22.8. The fourth-order valence-corrected chi connectivity index (χ4v) is 11.1. The number of rotatable bonds is 10. The van der Waals surface area contributed by atoms with E-state index in [1.165, 1.54) is 10.7 Å². The second-order valence-electron chi connectivity index (χ2n) is 18.3. The van der Waals surface area contributed by atoms with Crippen molar-refractivity contribution in [2.75, 3.05) is 85.5 Å². The van der Waals surface area contributed by atoms with E-state index in [1.54, 1.807) is 28.2 Å². The maximum absolute atomic E-state index is 14.3. The van der Waals surface area contributed by atoms with Gasteiger partial charge in [0, 0.05) is 93.3 Å². The molecule has 5 saturated heterocycles. The molecule has 64 heavy (non-hydrogen) atoms. The lowest BCUT2D eigenvalue weighted by molar-refractivity contribution is -0.120. The van der Waals surface area contributed by atoms with Crippen LogP contribution in [0.5, 0.6) is 0 Å². The molecule has 1 aromatic carbocycles. The molecule has 11 rings (SSSR count). The first-order chi connectivity index (χ1) is 31.2. The Bertz CT molecular complexity index is 2560. The molecule has 5 aliphatic heterocycles. The van der Waals surface area contributed by atoms with Gasteiger partial charge in [-0.3, -0.25) is 34.4 Å². The highest BCUT2D eigenvalue weighted by molar-refractivity contribution is 6.11. The van der Waals surface area contributed by atoms with E-state index in [9.17, 15) is 23.2 Å². The molecule has 5 aromatic rings. The van der Waals surface area contributed by atoms with Crippen LogP contribution < -0.4 is 25.3 Å². The highest BCUT2D eigenvalue weighted by atomic mass is 19.3. The Hall–Kier alpha value is -5.79. The standard InChI is InChI=1S/C45H53F2N13O4/c46-42(47)41-36(50-44(62)35-22-49-59-15-10-39(51-43(35)59)58-25-32-20-31(58)27-64-32)26-60(53-41)30-6-4-28(5-7-30)24-54-12-8-29(9-13-54)55-16-18-56(19-17-55)37-3-1-2-33-34(37)21-48-23-38(33)57-14-11-40(61)52-45(57)63/h1-3,10,15,21-23,26,28-32,42H,4-9,11-14,16-20,24-25,27H2,(H,50,62)(H,52,61,63)/t28-,30-,31-,32-/m1/s1. The summed E-state index contributed by atoms with van der Waals surface area (Å²) in [6.45, 7) is 8.69. The maximum atomic E-state index is 14.3. The number of nitrogens with one attached hydrogen (secondary N) is 2. The number of hydrogen-bond donors (Lipinski definition) is 2. The van der Waals surface area contributed by atoms with Gasteiger partial charge in [0.2, 0.25) is 5.91 Å². The number of ether oxygens (including phenoxy) is 1. The second-order valence-corrected chi connectivity index (χ2v) is 18.3. The number of piperidine rings is 1. The molecule has 2 atom stereocenters. The topological polar surface area (TPSA) is 162 Å². The molecule has 6 aliphatic rings. The molecule has 1 aliphatic carbocycles. The van der Waals surface area contributed by atoms with Gasteiger partial charge in [-0.15, -0.1) is 0 Å². The van der Waals surface area contributed by atoms with Gasteiger partial charge in [0.1, 0.15) is 11.4 Å². The smallest absolute Gasteiger partial charge is 0.328 e. The van der Waals surface area contributed by atoms with Gasteiger partial charge in [-0.1, -0.05) is 12.1 Å². The summed E-state index contributed by atoms with van der Waals surface area (Å²) in [5.74, 6) is 0.475. The van der Waals surface area contributed by atoms with Crippen molar-refractivity contribution in [3.8, 4) is 0 Å². The van der Waals surface area contributed by atoms with Crippen LogP contribution in [0.15, 0.2) is 55.2 Å². The average Bonchev–Trinajstić information content (AvgIpc) is 4.14. The van der Waals surface area contributed by atoms with E-state index in [2.05, 4.69) is 51.5 Å². The number of carbonyl (C=O) groups is 3. The molecular formula is C45H53F2N13O4. The van der Waals surface area contributed by atoms with Crippen LogP contribution in [0.2, 0.25) is 0 Å². The number of halogens is 2. The summed E-state index contributed by atoms with van der Waals surface area (Å²) in [7, 11) is 0. The second kappa shape index (κ2) is 17.0. The Kier molecular flexibility index (Phi) is 10.9. The van der Waals surface area contributed by atoms with E-state index >= 15 is 0 Å². The van der Waals surface area contributed by atoms with Gasteiger partial charge < -0.3 is 24.8 Å². The lowest BCUT2D eigenvalue weighted by atomic mass is 9.85. The molecule has 0 unspecified atom stereocenters. The minimum absolute atomic E-state index is 0.0138. The Morgan fingerprint density at radius 2 is 1.72 bits per heavy atom. The molecule has 2 bridgehead atoms. The van der Waals surface area contributed by atoms with Crippen molar-refractivity contribution in [3.05, 3.63) is 66.5 Å².